The summed E-state index contributed by atoms with van der Waals surface area (Å²) in [5, 5.41) is 18.4. The first-order valence-electron chi connectivity index (χ1n) is 8.23. The first-order chi connectivity index (χ1) is 11.7. The minimum absolute atomic E-state index is 0. The van der Waals surface area contributed by atoms with E-state index in [1.807, 2.05) is 19.2 Å². The Balaban J connectivity index is 0.00000225. The second kappa shape index (κ2) is 9.79. The van der Waals surface area contributed by atoms with E-state index in [9.17, 15) is 4.79 Å². The van der Waals surface area contributed by atoms with Gasteiger partial charge >= 0.3 is 0 Å². The smallest absolute Gasteiger partial charge is 0.241 e. The van der Waals surface area contributed by atoms with Crippen LogP contribution in [0, 0.1) is 6.92 Å². The Morgan fingerprint density at radius 2 is 2.40 bits per heavy atom. The minimum atomic E-state index is -0.0295. The number of piperidine rings is 1. The van der Waals surface area contributed by atoms with Gasteiger partial charge in [-0.05, 0) is 32.4 Å². The van der Waals surface area contributed by atoms with Gasteiger partial charge in [-0.1, -0.05) is 11.8 Å². The van der Waals surface area contributed by atoms with E-state index in [0.29, 0.717) is 17.6 Å². The molecule has 2 aromatic rings. The molecule has 1 unspecified atom stereocenters. The lowest BCUT2D eigenvalue weighted by Gasteiger charge is -2.20. The van der Waals surface area contributed by atoms with Crippen molar-refractivity contribution in [3.8, 4) is 0 Å². The third kappa shape index (κ3) is 6.02. The Labute approximate surface area is 157 Å². The van der Waals surface area contributed by atoms with Gasteiger partial charge in [0.15, 0.2) is 0 Å². The van der Waals surface area contributed by atoms with Crippen molar-refractivity contribution in [2.24, 2.45) is 0 Å². The summed E-state index contributed by atoms with van der Waals surface area (Å²) in [4.78, 5) is 16.2. The van der Waals surface area contributed by atoms with Crippen LogP contribution in [0.1, 0.15) is 30.3 Å². The highest BCUT2D eigenvalue weighted by atomic mass is 35.5. The molecule has 0 bridgehead atoms. The number of carbonyl (C=O) groups is 1. The van der Waals surface area contributed by atoms with E-state index in [4.69, 9.17) is 0 Å². The zero-order valence-electron chi connectivity index (χ0n) is 14.2. The summed E-state index contributed by atoms with van der Waals surface area (Å²) >= 11 is 1.51. The predicted octanol–water partition coefficient (Wildman–Crippen LogP) is 1.11. The number of halogens is 1. The molecular weight excluding hydrogens is 362 g/mol. The van der Waals surface area contributed by atoms with Crippen molar-refractivity contribution in [2.75, 3.05) is 25.4 Å². The van der Waals surface area contributed by atoms with Crippen molar-refractivity contribution in [3.63, 3.8) is 0 Å². The summed E-state index contributed by atoms with van der Waals surface area (Å²) in [5.41, 5.74) is 1.07. The highest BCUT2D eigenvalue weighted by Crippen LogP contribution is 2.21. The maximum atomic E-state index is 12.0. The van der Waals surface area contributed by atoms with Gasteiger partial charge < -0.3 is 10.6 Å². The number of thioether (sulfide) groups is 1. The molecule has 25 heavy (non-hydrogen) atoms. The van der Waals surface area contributed by atoms with E-state index in [-0.39, 0.29) is 24.9 Å². The van der Waals surface area contributed by atoms with Gasteiger partial charge in [0.1, 0.15) is 12.4 Å². The van der Waals surface area contributed by atoms with Crippen LogP contribution in [0.15, 0.2) is 17.4 Å². The molecule has 3 N–H and O–H groups in total. The molecule has 1 aliphatic heterocycles. The Hall–Kier alpha value is -1.58. The van der Waals surface area contributed by atoms with Crippen LogP contribution >= 0.6 is 24.2 Å². The lowest BCUT2D eigenvalue weighted by atomic mass is 9.97. The average Bonchev–Trinajstić information content (AvgIpc) is 3.22. The van der Waals surface area contributed by atoms with Crippen LogP contribution in [0.5, 0.6) is 0 Å². The van der Waals surface area contributed by atoms with E-state index in [2.05, 4.69) is 30.9 Å². The molecule has 3 heterocycles. The van der Waals surface area contributed by atoms with Crippen LogP contribution in [0.4, 0.5) is 0 Å². The number of H-pyrrole nitrogens is 1. The molecular formula is C15H24ClN7OS. The van der Waals surface area contributed by atoms with Crippen LogP contribution in [0.2, 0.25) is 0 Å². The normalized spacial score (nSPS) is 17.1. The zero-order chi connectivity index (χ0) is 16.8. The third-order valence-electron chi connectivity index (χ3n) is 3.91. The molecule has 8 nitrogen and oxygen atoms in total. The summed E-state index contributed by atoms with van der Waals surface area (Å²) in [7, 11) is 0. The number of nitrogens with zero attached hydrogens (tertiary/aromatic N) is 4. The summed E-state index contributed by atoms with van der Waals surface area (Å²) < 4.78 is 1.71. The van der Waals surface area contributed by atoms with E-state index in [1.165, 1.54) is 18.2 Å². The van der Waals surface area contributed by atoms with Gasteiger partial charge in [-0.2, -0.15) is 5.10 Å². The molecule has 10 heteroatoms. The summed E-state index contributed by atoms with van der Waals surface area (Å²) in [5.74, 6) is 1.97. The maximum absolute atomic E-state index is 12.0. The first kappa shape index (κ1) is 19.7. The van der Waals surface area contributed by atoms with Crippen LogP contribution in [0.25, 0.3) is 0 Å². The van der Waals surface area contributed by atoms with Crippen molar-refractivity contribution < 1.29 is 4.79 Å². The molecule has 0 radical (unpaired) electrons. The predicted molar refractivity (Wildman–Crippen MR) is 99.2 cm³/mol. The zero-order valence-corrected chi connectivity index (χ0v) is 15.8. The SMILES string of the molecule is Cc1nc(SCCNC(=O)Cn2ccc(C3CCCNC3)n2)n[nH]1.Cl. The largest absolute Gasteiger partial charge is 0.354 e. The van der Waals surface area contributed by atoms with E-state index >= 15 is 0 Å². The fraction of sp³-hybridized carbons (Fsp3) is 0.600. The van der Waals surface area contributed by atoms with Gasteiger partial charge in [-0.3, -0.25) is 14.6 Å². The number of carbonyl (C=O) groups excluding carboxylic acids is 1. The summed E-state index contributed by atoms with van der Waals surface area (Å²) in [6, 6.07) is 2.02. The van der Waals surface area contributed by atoms with Crippen molar-refractivity contribution >= 4 is 30.1 Å². The van der Waals surface area contributed by atoms with Crippen molar-refractivity contribution in [3.05, 3.63) is 23.8 Å². The molecule has 1 amide bonds. The summed E-state index contributed by atoms with van der Waals surface area (Å²) in [6.45, 7) is 4.76. The number of aromatic amines is 1. The molecule has 1 aliphatic rings. The standard InChI is InChI=1S/C15H23N7OS.ClH/c1-11-18-15(20-19-11)24-8-6-17-14(23)10-22-7-4-13(21-22)12-3-2-5-16-9-12;/h4,7,12,16H,2-3,5-6,8-10H2,1H3,(H,17,23)(H,18,19,20);1H. The topological polar surface area (TPSA) is 101 Å². The van der Waals surface area contributed by atoms with Crippen molar-refractivity contribution in [1.82, 2.24) is 35.6 Å². The van der Waals surface area contributed by atoms with Crippen molar-refractivity contribution in [1.29, 1.82) is 0 Å². The van der Waals surface area contributed by atoms with Crippen LogP contribution in [-0.4, -0.2) is 56.3 Å². The maximum Gasteiger partial charge on any atom is 0.241 e. The monoisotopic (exact) mass is 385 g/mol. The molecule has 0 aliphatic carbocycles. The summed E-state index contributed by atoms with van der Waals surface area (Å²) in [6.07, 6.45) is 4.23. The van der Waals surface area contributed by atoms with E-state index < -0.39 is 0 Å². The number of rotatable bonds is 7. The van der Waals surface area contributed by atoms with Crippen LogP contribution in [0.3, 0.4) is 0 Å². The molecule has 0 spiro atoms. The average molecular weight is 386 g/mol. The van der Waals surface area contributed by atoms with Gasteiger partial charge in [-0.15, -0.1) is 17.5 Å². The molecule has 1 fully saturated rings. The molecule has 0 saturated carbocycles. The van der Waals surface area contributed by atoms with Gasteiger partial charge in [0.05, 0.1) is 5.69 Å². The van der Waals surface area contributed by atoms with Crippen LogP contribution in [-0.2, 0) is 11.3 Å². The fourth-order valence-electron chi connectivity index (χ4n) is 2.71. The number of hydrogen-bond donors (Lipinski definition) is 3. The Kier molecular flexibility index (Phi) is 7.73. The van der Waals surface area contributed by atoms with Gasteiger partial charge in [0.25, 0.3) is 0 Å². The molecule has 0 aromatic carbocycles. The number of nitrogens with one attached hydrogen (secondary N) is 3. The number of amides is 1. The van der Waals surface area contributed by atoms with Gasteiger partial charge in [-0.25, -0.2) is 4.98 Å². The third-order valence-corrected chi connectivity index (χ3v) is 4.76. The molecule has 1 atom stereocenters. The van der Waals surface area contributed by atoms with E-state index in [0.717, 1.165) is 36.8 Å². The quantitative estimate of drug-likeness (QED) is 0.487. The Morgan fingerprint density at radius 1 is 1.52 bits per heavy atom. The van der Waals surface area contributed by atoms with E-state index in [1.54, 1.807) is 4.68 Å². The highest BCUT2D eigenvalue weighted by Gasteiger charge is 2.17. The number of aromatic nitrogens is 5. The molecule has 1 saturated heterocycles. The Bertz CT molecular complexity index is 668. The lowest BCUT2D eigenvalue weighted by molar-refractivity contribution is -0.121. The highest BCUT2D eigenvalue weighted by molar-refractivity contribution is 7.99. The number of hydrogen-bond acceptors (Lipinski definition) is 6. The second-order valence-corrected chi connectivity index (χ2v) is 6.95. The molecule has 3 rings (SSSR count). The van der Waals surface area contributed by atoms with Crippen molar-refractivity contribution in [2.45, 2.75) is 37.4 Å². The lowest BCUT2D eigenvalue weighted by Crippen LogP contribution is -2.30. The molecule has 138 valence electrons. The minimum Gasteiger partial charge on any atom is -0.354 e. The van der Waals surface area contributed by atoms with Crippen LogP contribution < -0.4 is 10.6 Å². The second-order valence-electron chi connectivity index (χ2n) is 5.88. The van der Waals surface area contributed by atoms with Gasteiger partial charge in [0, 0.05) is 31.0 Å². The van der Waals surface area contributed by atoms with Gasteiger partial charge in [0.2, 0.25) is 11.1 Å². The Morgan fingerprint density at radius 3 is 3.12 bits per heavy atom. The fourth-order valence-corrected chi connectivity index (χ4v) is 3.41. The molecule has 2 aromatic heterocycles. The number of aryl methyl sites for hydroxylation is 1. The first-order valence-corrected chi connectivity index (χ1v) is 9.22.